The summed E-state index contributed by atoms with van der Waals surface area (Å²) in [6, 6.07) is 9.15. The molecule has 1 N–H and O–H groups in total. The number of hydrogen-bond acceptors (Lipinski definition) is 4. The van der Waals surface area contributed by atoms with E-state index in [0.717, 1.165) is 23.2 Å². The van der Waals surface area contributed by atoms with Crippen LogP contribution in [0.25, 0.3) is 10.2 Å². The molecule has 0 aliphatic heterocycles. The maximum atomic E-state index is 4.61. The quantitative estimate of drug-likeness (QED) is 0.804. The van der Waals surface area contributed by atoms with E-state index in [4.69, 9.17) is 0 Å². The molecule has 1 aliphatic rings. The second-order valence-electron chi connectivity index (χ2n) is 6.04. The van der Waals surface area contributed by atoms with Crippen molar-refractivity contribution in [1.82, 2.24) is 9.88 Å². The second kappa shape index (κ2) is 7.23. The first kappa shape index (κ1) is 14.8. The van der Waals surface area contributed by atoms with E-state index in [2.05, 4.69) is 40.4 Å². The molecule has 1 heterocycles. The Hall–Kier alpha value is -1.13. The molecule has 2 aromatic rings. The molecule has 21 heavy (non-hydrogen) atoms. The van der Waals surface area contributed by atoms with Crippen LogP contribution < -0.4 is 5.32 Å². The summed E-state index contributed by atoms with van der Waals surface area (Å²) in [5.41, 5.74) is 1.10. The molecule has 0 amide bonds. The van der Waals surface area contributed by atoms with Gasteiger partial charge in [0.2, 0.25) is 0 Å². The normalized spacial score (nSPS) is 16.7. The van der Waals surface area contributed by atoms with Gasteiger partial charge >= 0.3 is 0 Å². The molecule has 0 atom stereocenters. The van der Waals surface area contributed by atoms with Crippen molar-refractivity contribution in [1.29, 1.82) is 0 Å². The van der Waals surface area contributed by atoms with Gasteiger partial charge in [-0.25, -0.2) is 4.98 Å². The van der Waals surface area contributed by atoms with Crippen molar-refractivity contribution >= 4 is 26.7 Å². The van der Waals surface area contributed by atoms with Gasteiger partial charge in [-0.15, -0.1) is 0 Å². The van der Waals surface area contributed by atoms with Crippen LogP contribution in [0.2, 0.25) is 0 Å². The molecule has 1 aliphatic carbocycles. The Morgan fingerprint density at radius 3 is 2.86 bits per heavy atom. The minimum absolute atomic E-state index is 0.821. The van der Waals surface area contributed by atoms with Gasteiger partial charge in [0, 0.05) is 12.6 Å². The molecule has 1 fully saturated rings. The van der Waals surface area contributed by atoms with Gasteiger partial charge in [0.25, 0.3) is 0 Å². The lowest BCUT2D eigenvalue weighted by Gasteiger charge is -2.31. The third-order valence-corrected chi connectivity index (χ3v) is 5.45. The molecule has 1 aromatic carbocycles. The summed E-state index contributed by atoms with van der Waals surface area (Å²) in [5, 5.41) is 4.53. The summed E-state index contributed by atoms with van der Waals surface area (Å²) in [6.45, 7) is 2.19. The van der Waals surface area contributed by atoms with Crippen molar-refractivity contribution in [3.8, 4) is 0 Å². The molecule has 0 unspecified atom stereocenters. The molecule has 0 radical (unpaired) electrons. The highest BCUT2D eigenvalue weighted by molar-refractivity contribution is 7.22. The zero-order valence-electron chi connectivity index (χ0n) is 12.8. The Bertz CT molecular complexity index is 527. The van der Waals surface area contributed by atoms with E-state index in [1.807, 2.05) is 6.07 Å². The highest BCUT2D eigenvalue weighted by atomic mass is 32.1. The van der Waals surface area contributed by atoms with E-state index in [-0.39, 0.29) is 0 Å². The first-order valence-corrected chi connectivity index (χ1v) is 8.94. The maximum Gasteiger partial charge on any atom is 0.183 e. The van der Waals surface area contributed by atoms with Gasteiger partial charge in [0.15, 0.2) is 5.13 Å². The Kier molecular flexibility index (Phi) is 5.09. The first-order chi connectivity index (χ1) is 10.3. The van der Waals surface area contributed by atoms with Crippen LogP contribution in [-0.4, -0.2) is 36.1 Å². The van der Waals surface area contributed by atoms with Crippen LogP contribution in [0.5, 0.6) is 0 Å². The molecule has 1 aromatic heterocycles. The summed E-state index contributed by atoms with van der Waals surface area (Å²) in [4.78, 5) is 7.17. The Balaban J connectivity index is 1.41. The van der Waals surface area contributed by atoms with Crippen LogP contribution in [0.4, 0.5) is 5.13 Å². The molecule has 3 nitrogen and oxygen atoms in total. The number of benzene rings is 1. The van der Waals surface area contributed by atoms with Crippen molar-refractivity contribution in [2.24, 2.45) is 0 Å². The Labute approximate surface area is 131 Å². The fourth-order valence-corrected chi connectivity index (χ4v) is 4.07. The van der Waals surface area contributed by atoms with Crippen molar-refractivity contribution in [3.63, 3.8) is 0 Å². The zero-order valence-corrected chi connectivity index (χ0v) is 13.7. The molecular formula is C17H25N3S. The van der Waals surface area contributed by atoms with Gasteiger partial charge in [-0.1, -0.05) is 42.7 Å². The van der Waals surface area contributed by atoms with Gasteiger partial charge < -0.3 is 10.2 Å². The SMILES string of the molecule is CN(CCCNc1nc2ccccc2s1)C1CCCCC1. The number of fused-ring (bicyclic) bond motifs is 1. The topological polar surface area (TPSA) is 28.2 Å². The number of anilines is 1. The van der Waals surface area contributed by atoms with E-state index < -0.39 is 0 Å². The van der Waals surface area contributed by atoms with E-state index in [0.29, 0.717) is 0 Å². The average Bonchev–Trinajstić information content (AvgIpc) is 2.95. The predicted octanol–water partition coefficient (Wildman–Crippen LogP) is 4.36. The lowest BCUT2D eigenvalue weighted by molar-refractivity contribution is 0.191. The van der Waals surface area contributed by atoms with Gasteiger partial charge in [-0.3, -0.25) is 0 Å². The summed E-state index contributed by atoms with van der Waals surface area (Å²) < 4.78 is 1.26. The summed E-state index contributed by atoms with van der Waals surface area (Å²) in [6.07, 6.45) is 8.23. The van der Waals surface area contributed by atoms with Gasteiger partial charge in [-0.05, 0) is 45.0 Å². The minimum atomic E-state index is 0.821. The zero-order chi connectivity index (χ0) is 14.5. The number of thiazole rings is 1. The Morgan fingerprint density at radius 2 is 2.05 bits per heavy atom. The molecule has 3 rings (SSSR count). The van der Waals surface area contributed by atoms with Crippen molar-refractivity contribution in [2.75, 3.05) is 25.5 Å². The van der Waals surface area contributed by atoms with Crippen molar-refractivity contribution in [3.05, 3.63) is 24.3 Å². The van der Waals surface area contributed by atoms with Crippen LogP contribution in [0.1, 0.15) is 38.5 Å². The number of nitrogens with zero attached hydrogens (tertiary/aromatic N) is 2. The monoisotopic (exact) mass is 303 g/mol. The van der Waals surface area contributed by atoms with Crippen molar-refractivity contribution < 1.29 is 0 Å². The molecule has 1 saturated carbocycles. The van der Waals surface area contributed by atoms with Gasteiger partial charge in [0.1, 0.15) is 0 Å². The van der Waals surface area contributed by atoms with Crippen LogP contribution in [0.3, 0.4) is 0 Å². The second-order valence-corrected chi connectivity index (χ2v) is 7.07. The fraction of sp³-hybridized carbons (Fsp3) is 0.588. The van der Waals surface area contributed by atoms with Crippen LogP contribution in [0, 0.1) is 0 Å². The minimum Gasteiger partial charge on any atom is -0.361 e. The molecule has 4 heteroatoms. The van der Waals surface area contributed by atoms with E-state index in [1.165, 1.54) is 49.8 Å². The van der Waals surface area contributed by atoms with Crippen LogP contribution >= 0.6 is 11.3 Å². The molecule has 0 bridgehead atoms. The third kappa shape index (κ3) is 3.95. The van der Waals surface area contributed by atoms with Crippen LogP contribution in [-0.2, 0) is 0 Å². The standard InChI is InChI=1S/C17H25N3S/c1-20(14-8-3-2-4-9-14)13-7-12-18-17-19-15-10-5-6-11-16(15)21-17/h5-6,10-11,14H,2-4,7-9,12-13H2,1H3,(H,18,19). The van der Waals surface area contributed by atoms with E-state index in [9.17, 15) is 0 Å². The van der Waals surface area contributed by atoms with E-state index in [1.54, 1.807) is 11.3 Å². The summed E-state index contributed by atoms with van der Waals surface area (Å²) >= 11 is 1.75. The summed E-state index contributed by atoms with van der Waals surface area (Å²) in [7, 11) is 2.29. The highest BCUT2D eigenvalue weighted by Crippen LogP contribution is 2.25. The molecular weight excluding hydrogens is 278 g/mol. The number of nitrogens with one attached hydrogen (secondary N) is 1. The number of rotatable bonds is 6. The van der Waals surface area contributed by atoms with Crippen molar-refractivity contribution in [2.45, 2.75) is 44.6 Å². The third-order valence-electron chi connectivity index (χ3n) is 4.46. The molecule has 0 spiro atoms. The smallest absolute Gasteiger partial charge is 0.183 e. The number of aromatic nitrogens is 1. The van der Waals surface area contributed by atoms with Gasteiger partial charge in [-0.2, -0.15) is 0 Å². The van der Waals surface area contributed by atoms with Crippen LogP contribution in [0.15, 0.2) is 24.3 Å². The fourth-order valence-electron chi connectivity index (χ4n) is 3.18. The molecule has 0 saturated heterocycles. The summed E-state index contributed by atoms with van der Waals surface area (Å²) in [5.74, 6) is 0. The maximum absolute atomic E-state index is 4.61. The van der Waals surface area contributed by atoms with E-state index >= 15 is 0 Å². The average molecular weight is 303 g/mol. The Morgan fingerprint density at radius 1 is 1.24 bits per heavy atom. The largest absolute Gasteiger partial charge is 0.361 e. The highest BCUT2D eigenvalue weighted by Gasteiger charge is 2.17. The first-order valence-electron chi connectivity index (χ1n) is 8.12. The number of para-hydroxylation sites is 1. The number of hydrogen-bond donors (Lipinski definition) is 1. The lowest BCUT2D eigenvalue weighted by atomic mass is 9.94. The lowest BCUT2D eigenvalue weighted by Crippen LogP contribution is -2.34. The van der Waals surface area contributed by atoms with Gasteiger partial charge in [0.05, 0.1) is 10.2 Å². The predicted molar refractivity (Wildman–Crippen MR) is 92.2 cm³/mol. The molecule has 114 valence electrons.